The second-order valence-electron chi connectivity index (χ2n) is 13.5. The fourth-order valence-electron chi connectivity index (χ4n) is 6.57. The molecular formula is C41H59N3O4. The quantitative estimate of drug-likeness (QED) is 0.111. The summed E-state index contributed by atoms with van der Waals surface area (Å²) < 4.78 is 13.6. The number of carbonyl (C=O) groups is 1. The number of nitrogens with zero attached hydrogens (tertiary/aromatic N) is 2. The smallest absolute Gasteiger partial charge is 0.257 e. The van der Waals surface area contributed by atoms with E-state index >= 15 is 0 Å². The van der Waals surface area contributed by atoms with Gasteiger partial charge in [-0.15, -0.1) is 0 Å². The van der Waals surface area contributed by atoms with E-state index < -0.39 is 6.29 Å². The molecule has 1 fully saturated rings. The van der Waals surface area contributed by atoms with Crippen molar-refractivity contribution in [2.75, 3.05) is 25.0 Å². The van der Waals surface area contributed by atoms with Gasteiger partial charge in [-0.2, -0.15) is 0 Å². The number of pyridine rings is 1. The van der Waals surface area contributed by atoms with Crippen LogP contribution in [0.15, 0.2) is 73.1 Å². The lowest BCUT2D eigenvalue weighted by atomic mass is 9.90. The Labute approximate surface area is 289 Å². The van der Waals surface area contributed by atoms with Crippen LogP contribution in [0.1, 0.15) is 137 Å². The maximum absolute atomic E-state index is 12.9. The molecule has 2 aromatic carbocycles. The van der Waals surface area contributed by atoms with Crippen LogP contribution < -0.4 is 5.32 Å². The number of benzene rings is 2. The van der Waals surface area contributed by atoms with Gasteiger partial charge in [0.2, 0.25) is 0 Å². The van der Waals surface area contributed by atoms with Crippen LogP contribution in [0.4, 0.5) is 5.69 Å². The number of hydrogen-bond acceptors (Lipinski definition) is 6. The van der Waals surface area contributed by atoms with E-state index in [1.807, 2.05) is 36.4 Å². The molecule has 48 heavy (non-hydrogen) atoms. The fraction of sp³-hybridized carbons (Fsp3) is 0.561. The topological polar surface area (TPSA) is 83.9 Å². The number of carbonyl (C=O) groups excluding carboxylic acids is 1. The highest BCUT2D eigenvalue weighted by atomic mass is 16.7. The molecule has 0 radical (unpaired) electrons. The van der Waals surface area contributed by atoms with E-state index in [0.717, 1.165) is 36.3 Å². The monoisotopic (exact) mass is 657 g/mol. The molecule has 0 bridgehead atoms. The maximum atomic E-state index is 12.9. The summed E-state index contributed by atoms with van der Waals surface area (Å²) in [5.41, 5.74) is 4.01. The third-order valence-corrected chi connectivity index (χ3v) is 9.56. The summed E-state index contributed by atoms with van der Waals surface area (Å²) in [6, 6.07) is 19.4. The van der Waals surface area contributed by atoms with Crippen molar-refractivity contribution in [3.63, 3.8) is 0 Å². The molecule has 1 aliphatic heterocycles. The summed E-state index contributed by atoms with van der Waals surface area (Å²) >= 11 is 0. The van der Waals surface area contributed by atoms with Gasteiger partial charge in [-0.05, 0) is 61.3 Å². The number of amides is 1. The zero-order valence-corrected chi connectivity index (χ0v) is 29.6. The summed E-state index contributed by atoms with van der Waals surface area (Å²) in [5, 5.41) is 12.7. The van der Waals surface area contributed by atoms with Gasteiger partial charge in [0.25, 0.3) is 5.91 Å². The molecule has 0 aliphatic carbocycles. The molecule has 1 saturated heterocycles. The maximum Gasteiger partial charge on any atom is 0.257 e. The van der Waals surface area contributed by atoms with Crippen molar-refractivity contribution >= 4 is 11.6 Å². The molecule has 0 spiro atoms. The van der Waals surface area contributed by atoms with Crippen molar-refractivity contribution in [3.8, 4) is 0 Å². The summed E-state index contributed by atoms with van der Waals surface area (Å²) in [5.74, 6) is -0.0922. The molecule has 0 unspecified atom stereocenters. The predicted molar refractivity (Wildman–Crippen MR) is 195 cm³/mol. The van der Waals surface area contributed by atoms with E-state index in [1.165, 1.54) is 77.0 Å². The molecule has 2 heterocycles. The molecule has 1 aromatic heterocycles. The van der Waals surface area contributed by atoms with Gasteiger partial charge in [0, 0.05) is 36.1 Å². The molecule has 7 nitrogen and oxygen atoms in total. The van der Waals surface area contributed by atoms with Crippen molar-refractivity contribution in [3.05, 3.63) is 95.3 Å². The summed E-state index contributed by atoms with van der Waals surface area (Å²) in [6.45, 7) is 9.83. The van der Waals surface area contributed by atoms with Crippen molar-refractivity contribution in [1.82, 2.24) is 9.88 Å². The number of nitrogens with one attached hydrogen (secondary N) is 1. The lowest BCUT2D eigenvalue weighted by Crippen LogP contribution is -2.45. The molecule has 0 saturated carbocycles. The van der Waals surface area contributed by atoms with Crippen LogP contribution >= 0.6 is 0 Å². The van der Waals surface area contributed by atoms with Crippen LogP contribution in [-0.2, 0) is 16.1 Å². The van der Waals surface area contributed by atoms with E-state index in [0.29, 0.717) is 11.3 Å². The molecule has 1 aliphatic rings. The molecule has 1 amide bonds. The molecule has 3 aromatic rings. The van der Waals surface area contributed by atoms with Crippen LogP contribution in [0.2, 0.25) is 0 Å². The van der Waals surface area contributed by atoms with Gasteiger partial charge >= 0.3 is 0 Å². The van der Waals surface area contributed by atoms with E-state index in [2.05, 4.69) is 48.1 Å². The SMILES string of the molecule is CCCCCCCCN(CCCCCCCC)C[C@@H]1O[C@H](c2cccc(NC(=O)c3cccnc3)c2)O[C@H](c2ccc(CO)cc2)[C@@H]1C. The predicted octanol–water partition coefficient (Wildman–Crippen LogP) is 9.64. The largest absolute Gasteiger partial charge is 0.392 e. The van der Waals surface area contributed by atoms with Gasteiger partial charge in [0.1, 0.15) is 0 Å². The Balaban J connectivity index is 1.51. The number of anilines is 1. The zero-order valence-electron chi connectivity index (χ0n) is 29.6. The Morgan fingerprint density at radius 1 is 0.812 bits per heavy atom. The third-order valence-electron chi connectivity index (χ3n) is 9.56. The standard InChI is InChI=1S/C41H59N3O4/c1-4-6-8-10-12-14-26-44(27-15-13-11-9-7-5-2)30-38-32(3)39(34-23-21-33(31-45)22-24-34)48-41(47-38)35-18-16-20-37(28-35)43-40(46)36-19-17-25-42-29-36/h16-25,28-29,32,38-39,41,45H,4-15,26-27,30-31H2,1-3H3,(H,43,46)/t32-,38+,39+,41+/m1/s1. The average Bonchev–Trinajstić information content (AvgIpc) is 3.12. The Kier molecular flexibility index (Phi) is 16.6. The van der Waals surface area contributed by atoms with E-state index in [-0.39, 0.29) is 30.6 Å². The summed E-state index contributed by atoms with van der Waals surface area (Å²) in [6.07, 6.45) is 17.9. The Morgan fingerprint density at radius 3 is 2.10 bits per heavy atom. The lowest BCUT2D eigenvalue weighted by Gasteiger charge is -2.43. The molecular weight excluding hydrogens is 598 g/mol. The van der Waals surface area contributed by atoms with Crippen LogP contribution in [-0.4, -0.2) is 46.6 Å². The molecule has 262 valence electrons. The highest BCUT2D eigenvalue weighted by molar-refractivity contribution is 6.04. The van der Waals surface area contributed by atoms with Crippen LogP contribution in [0.3, 0.4) is 0 Å². The van der Waals surface area contributed by atoms with Gasteiger partial charge in [0.15, 0.2) is 6.29 Å². The van der Waals surface area contributed by atoms with Gasteiger partial charge in [-0.3, -0.25) is 9.78 Å². The molecule has 4 atom stereocenters. The average molecular weight is 658 g/mol. The van der Waals surface area contributed by atoms with E-state index in [1.54, 1.807) is 24.5 Å². The number of ether oxygens (including phenoxy) is 2. The first-order chi connectivity index (χ1) is 23.5. The second-order valence-corrected chi connectivity index (χ2v) is 13.5. The van der Waals surface area contributed by atoms with Gasteiger partial charge in [-0.1, -0.05) is 121 Å². The van der Waals surface area contributed by atoms with Crippen LogP contribution in [0.25, 0.3) is 0 Å². The Bertz CT molecular complexity index is 1300. The van der Waals surface area contributed by atoms with Gasteiger partial charge in [-0.25, -0.2) is 0 Å². The molecule has 4 rings (SSSR count). The third kappa shape index (κ3) is 12.1. The normalized spacial score (nSPS) is 19.4. The number of rotatable bonds is 21. The van der Waals surface area contributed by atoms with Crippen molar-refractivity contribution in [2.45, 2.75) is 123 Å². The highest BCUT2D eigenvalue weighted by Gasteiger charge is 2.39. The van der Waals surface area contributed by atoms with Crippen LogP contribution in [0.5, 0.6) is 0 Å². The van der Waals surface area contributed by atoms with Crippen molar-refractivity contribution in [1.29, 1.82) is 0 Å². The first kappa shape index (κ1) is 37.7. The van der Waals surface area contributed by atoms with Crippen molar-refractivity contribution < 1.29 is 19.4 Å². The Hall–Kier alpha value is -3.10. The Morgan fingerprint density at radius 2 is 1.48 bits per heavy atom. The van der Waals surface area contributed by atoms with Crippen molar-refractivity contribution in [2.24, 2.45) is 5.92 Å². The molecule has 2 N–H and O–H groups in total. The molecule has 7 heteroatoms. The zero-order chi connectivity index (χ0) is 34.0. The van der Waals surface area contributed by atoms with E-state index in [9.17, 15) is 9.90 Å². The number of aliphatic hydroxyl groups excluding tert-OH is 1. The number of hydrogen-bond donors (Lipinski definition) is 2. The van der Waals surface area contributed by atoms with Gasteiger partial charge < -0.3 is 24.8 Å². The van der Waals surface area contributed by atoms with E-state index in [4.69, 9.17) is 9.47 Å². The fourth-order valence-corrected chi connectivity index (χ4v) is 6.57. The van der Waals surface area contributed by atoms with Gasteiger partial charge in [0.05, 0.1) is 24.4 Å². The minimum Gasteiger partial charge on any atom is -0.392 e. The van der Waals surface area contributed by atoms with Crippen LogP contribution in [0, 0.1) is 5.92 Å². The lowest BCUT2D eigenvalue weighted by molar-refractivity contribution is -0.276. The summed E-state index contributed by atoms with van der Waals surface area (Å²) in [7, 11) is 0. The number of aliphatic hydroxyl groups is 1. The number of unbranched alkanes of at least 4 members (excludes halogenated alkanes) is 10. The highest BCUT2D eigenvalue weighted by Crippen LogP contribution is 2.42. The first-order valence-corrected chi connectivity index (χ1v) is 18.6. The minimum absolute atomic E-state index is 0.0130. The minimum atomic E-state index is -0.589. The summed E-state index contributed by atoms with van der Waals surface area (Å²) in [4.78, 5) is 19.6. The second kappa shape index (κ2) is 21.1. The first-order valence-electron chi connectivity index (χ1n) is 18.6. The number of aromatic nitrogens is 1.